The number of carbonyl (C=O) groups is 3. The largest absolute Gasteiger partial charge is 0.333 e. The summed E-state index contributed by atoms with van der Waals surface area (Å²) in [6, 6.07) is 8.17. The Morgan fingerprint density at radius 1 is 1.07 bits per heavy atom. The standard InChI is InChI=1S/C19H16N4O4/c1-11-13(12(2)22-16(21-11)9-10-20-22)7-8-17(24)27-23-18(25)14-5-3-4-6-15(14)19(23)26/h3-6,9-10H,7-8H2,1-2H3. The van der Waals surface area contributed by atoms with Gasteiger partial charge in [0.2, 0.25) is 0 Å². The van der Waals surface area contributed by atoms with Gasteiger partial charge in [0.25, 0.3) is 11.8 Å². The minimum Gasteiger partial charge on any atom is -0.330 e. The van der Waals surface area contributed by atoms with Crippen LogP contribution < -0.4 is 0 Å². The molecule has 1 aromatic carbocycles. The Kier molecular flexibility index (Phi) is 3.95. The highest BCUT2D eigenvalue weighted by Crippen LogP contribution is 2.23. The molecule has 2 aromatic heterocycles. The normalized spacial score (nSPS) is 13.3. The number of fused-ring (bicyclic) bond motifs is 2. The van der Waals surface area contributed by atoms with E-state index in [4.69, 9.17) is 4.84 Å². The van der Waals surface area contributed by atoms with E-state index < -0.39 is 17.8 Å². The van der Waals surface area contributed by atoms with Crippen molar-refractivity contribution < 1.29 is 19.2 Å². The second-order valence-electron chi connectivity index (χ2n) is 6.28. The Hall–Kier alpha value is -3.55. The number of imide groups is 1. The fraction of sp³-hybridized carbons (Fsp3) is 0.211. The highest BCUT2D eigenvalue weighted by Gasteiger charge is 2.38. The smallest absolute Gasteiger partial charge is 0.330 e. The average molecular weight is 364 g/mol. The number of aromatic nitrogens is 3. The van der Waals surface area contributed by atoms with Crippen LogP contribution in [0.5, 0.6) is 0 Å². The van der Waals surface area contributed by atoms with Crippen LogP contribution in [0, 0.1) is 13.8 Å². The van der Waals surface area contributed by atoms with E-state index >= 15 is 0 Å². The molecule has 8 nitrogen and oxygen atoms in total. The lowest BCUT2D eigenvalue weighted by molar-refractivity contribution is -0.168. The van der Waals surface area contributed by atoms with E-state index in [2.05, 4.69) is 10.1 Å². The number of benzene rings is 1. The first-order valence-corrected chi connectivity index (χ1v) is 8.46. The molecule has 27 heavy (non-hydrogen) atoms. The number of nitrogens with zero attached hydrogens (tertiary/aromatic N) is 4. The molecular weight excluding hydrogens is 348 g/mol. The minimum atomic E-state index is -0.663. The lowest BCUT2D eigenvalue weighted by atomic mass is 10.1. The summed E-state index contributed by atoms with van der Waals surface area (Å²) in [5, 5.41) is 4.74. The highest BCUT2D eigenvalue weighted by atomic mass is 16.7. The van der Waals surface area contributed by atoms with E-state index in [1.165, 1.54) is 12.1 Å². The molecule has 3 heterocycles. The number of aryl methyl sites for hydroxylation is 2. The van der Waals surface area contributed by atoms with E-state index in [1.807, 2.05) is 13.8 Å². The third-order valence-electron chi connectivity index (χ3n) is 4.63. The van der Waals surface area contributed by atoms with E-state index in [0.29, 0.717) is 11.5 Å². The fourth-order valence-electron chi connectivity index (χ4n) is 3.25. The second-order valence-corrected chi connectivity index (χ2v) is 6.28. The zero-order valence-corrected chi connectivity index (χ0v) is 14.8. The van der Waals surface area contributed by atoms with Gasteiger partial charge in [-0.25, -0.2) is 14.3 Å². The van der Waals surface area contributed by atoms with Crippen LogP contribution in [-0.2, 0) is 16.1 Å². The van der Waals surface area contributed by atoms with Crippen molar-refractivity contribution in [3.05, 3.63) is 64.6 Å². The molecule has 8 heteroatoms. The van der Waals surface area contributed by atoms with Crippen LogP contribution in [0.3, 0.4) is 0 Å². The summed E-state index contributed by atoms with van der Waals surface area (Å²) in [5.41, 5.74) is 3.77. The molecular formula is C19H16N4O4. The lowest BCUT2D eigenvalue weighted by Gasteiger charge is -2.14. The third-order valence-corrected chi connectivity index (χ3v) is 4.63. The first-order valence-electron chi connectivity index (χ1n) is 8.46. The van der Waals surface area contributed by atoms with E-state index in [9.17, 15) is 14.4 Å². The van der Waals surface area contributed by atoms with Crippen molar-refractivity contribution in [2.75, 3.05) is 0 Å². The van der Waals surface area contributed by atoms with Gasteiger partial charge in [-0.1, -0.05) is 17.2 Å². The Balaban J connectivity index is 1.47. The van der Waals surface area contributed by atoms with Crippen molar-refractivity contribution in [2.45, 2.75) is 26.7 Å². The number of amides is 2. The monoisotopic (exact) mass is 364 g/mol. The molecule has 0 unspecified atom stereocenters. The zero-order chi connectivity index (χ0) is 19.1. The first kappa shape index (κ1) is 16.9. The van der Waals surface area contributed by atoms with Gasteiger partial charge < -0.3 is 4.84 Å². The summed E-state index contributed by atoms with van der Waals surface area (Å²) in [7, 11) is 0. The molecule has 0 N–H and O–H groups in total. The third kappa shape index (κ3) is 2.75. The van der Waals surface area contributed by atoms with Gasteiger partial charge in [0, 0.05) is 17.5 Å². The van der Waals surface area contributed by atoms with Crippen LogP contribution in [0.1, 0.15) is 44.1 Å². The molecule has 4 rings (SSSR count). The molecule has 0 saturated carbocycles. The molecule has 0 bridgehead atoms. The van der Waals surface area contributed by atoms with Gasteiger partial charge in [0.05, 0.1) is 23.7 Å². The molecule has 0 saturated heterocycles. The van der Waals surface area contributed by atoms with Crippen molar-refractivity contribution in [3.8, 4) is 0 Å². The molecule has 0 spiro atoms. The molecule has 136 valence electrons. The second kappa shape index (κ2) is 6.31. The SMILES string of the molecule is Cc1nc2ccnn2c(C)c1CCC(=O)ON1C(=O)c2ccccc2C1=O. The Morgan fingerprint density at radius 2 is 1.74 bits per heavy atom. The molecule has 3 aromatic rings. The summed E-state index contributed by atoms with van der Waals surface area (Å²) in [6.07, 6.45) is 2.03. The average Bonchev–Trinajstić information content (AvgIpc) is 3.21. The van der Waals surface area contributed by atoms with Crippen LogP contribution in [0.15, 0.2) is 36.5 Å². The number of hydroxylamine groups is 2. The molecule has 0 radical (unpaired) electrons. The quantitative estimate of drug-likeness (QED) is 0.658. The van der Waals surface area contributed by atoms with Crippen molar-refractivity contribution in [2.24, 2.45) is 0 Å². The van der Waals surface area contributed by atoms with E-state index in [0.717, 1.165) is 22.6 Å². The van der Waals surface area contributed by atoms with Crippen LogP contribution in [0.25, 0.3) is 5.65 Å². The van der Waals surface area contributed by atoms with Gasteiger partial charge in [0.1, 0.15) is 0 Å². The van der Waals surface area contributed by atoms with Gasteiger partial charge in [0.15, 0.2) is 5.65 Å². The Bertz CT molecular complexity index is 1070. The number of rotatable bonds is 4. The summed E-state index contributed by atoms with van der Waals surface area (Å²) < 4.78 is 1.71. The van der Waals surface area contributed by atoms with Gasteiger partial charge in [-0.3, -0.25) is 9.59 Å². The maximum absolute atomic E-state index is 12.2. The molecule has 0 fully saturated rings. The van der Waals surface area contributed by atoms with Crippen LogP contribution >= 0.6 is 0 Å². The van der Waals surface area contributed by atoms with Crippen molar-refractivity contribution in [3.63, 3.8) is 0 Å². The van der Waals surface area contributed by atoms with Gasteiger partial charge in [-0.05, 0) is 38.0 Å². The molecule has 1 aliphatic rings. The molecule has 0 atom stereocenters. The highest BCUT2D eigenvalue weighted by molar-refractivity contribution is 6.20. The maximum Gasteiger partial charge on any atom is 0.333 e. The van der Waals surface area contributed by atoms with Gasteiger partial charge in [-0.15, -0.1) is 0 Å². The summed E-state index contributed by atoms with van der Waals surface area (Å²) in [4.78, 5) is 46.2. The topological polar surface area (TPSA) is 93.9 Å². The number of carbonyl (C=O) groups excluding carboxylic acids is 3. The van der Waals surface area contributed by atoms with E-state index in [-0.39, 0.29) is 17.5 Å². The van der Waals surface area contributed by atoms with Crippen molar-refractivity contribution in [1.29, 1.82) is 0 Å². The number of hydrogen-bond acceptors (Lipinski definition) is 6. The summed E-state index contributed by atoms with van der Waals surface area (Å²) in [6.45, 7) is 3.77. The zero-order valence-electron chi connectivity index (χ0n) is 14.8. The fourth-order valence-corrected chi connectivity index (χ4v) is 3.25. The van der Waals surface area contributed by atoms with Gasteiger partial charge >= 0.3 is 5.97 Å². The maximum atomic E-state index is 12.2. The predicted molar refractivity (Wildman–Crippen MR) is 93.8 cm³/mol. The predicted octanol–water partition coefficient (Wildman–Crippen LogP) is 2.03. The summed E-state index contributed by atoms with van der Waals surface area (Å²) >= 11 is 0. The van der Waals surface area contributed by atoms with Crippen LogP contribution in [0.4, 0.5) is 0 Å². The summed E-state index contributed by atoms with van der Waals surface area (Å²) in [5.74, 6) is -1.92. The lowest BCUT2D eigenvalue weighted by Crippen LogP contribution is -2.32. The number of hydrogen-bond donors (Lipinski definition) is 0. The van der Waals surface area contributed by atoms with Crippen molar-refractivity contribution >= 4 is 23.4 Å². The molecule has 0 aliphatic carbocycles. The Morgan fingerprint density at radius 3 is 2.41 bits per heavy atom. The first-order chi connectivity index (χ1) is 13.0. The minimum absolute atomic E-state index is 0.00351. The molecule has 2 amide bonds. The van der Waals surface area contributed by atoms with Crippen LogP contribution in [-0.4, -0.2) is 37.4 Å². The van der Waals surface area contributed by atoms with Crippen molar-refractivity contribution in [1.82, 2.24) is 19.7 Å². The molecule has 1 aliphatic heterocycles. The van der Waals surface area contributed by atoms with Crippen LogP contribution in [0.2, 0.25) is 0 Å². The Labute approximate surface area is 154 Å². The van der Waals surface area contributed by atoms with E-state index in [1.54, 1.807) is 28.9 Å². The van der Waals surface area contributed by atoms with Gasteiger partial charge in [-0.2, -0.15) is 5.10 Å².